The Morgan fingerprint density at radius 1 is 0.670 bits per heavy atom. The van der Waals surface area contributed by atoms with Crippen LogP contribution in [0.5, 0.6) is 0 Å². The first-order chi connectivity index (χ1) is 42.3. The van der Waals surface area contributed by atoms with Gasteiger partial charge in [0.05, 0.1) is 30.2 Å². The van der Waals surface area contributed by atoms with E-state index in [1.807, 2.05) is 0 Å². The molecule has 30 nitrogen and oxygen atoms in total. The number of carboxylic acid groups (broad SMARTS) is 5. The predicted octanol–water partition coefficient (Wildman–Crippen LogP) is 2.54. The Hall–Kier alpha value is -7.83. The lowest BCUT2D eigenvalue weighted by molar-refractivity contribution is -0.212. The number of nitrogens with two attached hydrogens (primary N) is 1. The highest BCUT2D eigenvalue weighted by Crippen LogP contribution is 2.57. The molecule has 0 radical (unpaired) electrons. The second-order valence-corrected chi connectivity index (χ2v) is 23.5. The lowest BCUT2D eigenvalue weighted by Crippen LogP contribution is -2.64. The summed E-state index contributed by atoms with van der Waals surface area (Å²) in [5.41, 5.74) is -1.12. The Bertz CT molecular complexity index is 2790. The highest BCUT2D eigenvalue weighted by atomic mass is 16.6. The molecule has 1 saturated carbocycles. The number of Topliss-reactive ketones (excluding diaryl/α,β-unsaturated/α-hetero) is 4. The van der Waals surface area contributed by atoms with E-state index in [1.165, 1.54) is 40.8 Å². The number of aliphatic carboxylic acids is 5. The van der Waals surface area contributed by atoms with Crippen LogP contribution in [0.15, 0.2) is 22.8 Å². The quantitative estimate of drug-likeness (QED) is 0.0139. The average molecular weight is 1300 g/mol. The van der Waals surface area contributed by atoms with Gasteiger partial charge >= 0.3 is 59.7 Å². The summed E-state index contributed by atoms with van der Waals surface area (Å²) in [4.78, 5) is 182. The van der Waals surface area contributed by atoms with Crippen LogP contribution in [0.25, 0.3) is 0 Å². The number of ketones is 4. The summed E-state index contributed by atoms with van der Waals surface area (Å²) >= 11 is 0. The number of amides is 1. The number of unbranched alkanes of at least 4 members (excludes halogenated alkanes) is 4. The van der Waals surface area contributed by atoms with Crippen LogP contribution in [0, 0.1) is 17.8 Å². The van der Waals surface area contributed by atoms with Crippen LogP contribution < -0.4 is 16.4 Å². The number of rotatable bonds is 39. The van der Waals surface area contributed by atoms with E-state index in [-0.39, 0.29) is 68.1 Å². The van der Waals surface area contributed by atoms with Crippen LogP contribution in [0.4, 0.5) is 0 Å². The number of likely N-dealkylation sites (N-methyl/N-ethyl adjacent to an activating group) is 1. The number of carbonyl (C=O) groups excluding carboxylic acids is 10. The summed E-state index contributed by atoms with van der Waals surface area (Å²) in [7, 11) is 1.40. The van der Waals surface area contributed by atoms with Crippen LogP contribution in [-0.2, 0) is 95.6 Å². The normalized spacial score (nSPS) is 24.1. The molecule has 0 unspecified atom stereocenters. The van der Waals surface area contributed by atoms with Crippen molar-refractivity contribution in [2.24, 2.45) is 23.5 Å². The summed E-state index contributed by atoms with van der Waals surface area (Å²) < 4.78 is 29.3. The zero-order valence-electron chi connectivity index (χ0n) is 52.9. The smallest absolute Gasteiger partial charge is 0.341 e. The zero-order valence-corrected chi connectivity index (χ0v) is 52.9. The number of hydrogen-bond acceptors (Lipinski definition) is 24. The van der Waals surface area contributed by atoms with Crippen LogP contribution >= 0.6 is 0 Å². The molecule has 0 aromatic heterocycles. The third-order valence-corrected chi connectivity index (χ3v) is 16.4. The lowest BCUT2D eigenvalue weighted by atomic mass is 9.75. The number of ether oxygens (including phenoxy) is 5. The van der Waals surface area contributed by atoms with Gasteiger partial charge in [-0.25, -0.2) is 14.4 Å². The standard InChI is InChI=1S/C38H55NO14.C23H34N2O13/c1-9-11-12-13-14-15-27(43)50-32-30-29(21(4)31(32)51-34(45)20(3)10-2)33-38(48,37(8,47)35(46)52-33)26(19-36(30,7)53-23(6)41)49-28(44)17-16-24(42)18-25(39)22(5)40;1-24-16(22(35)36)6-4-14(26)10-12(20(31)32)2-8-18(28)25-17(23(37)38)7-5-15(27)11-13(21(33)34)3-9-19(29)30/h10,25-26,30-33,47-48H,9,11-19,39H2,1-8H3;12-13,16-17,24H,2-11H2,1H3,(H,25,28)(H,29,30)(H,31,32)(H,33,34)(H,35,36)(H,37,38)/b20-10-;/t25-,26-,30+,31-,32-,33-,36-,37+,38+;12-,13-,16+,17+/m01/s1. The van der Waals surface area contributed by atoms with Crippen molar-refractivity contribution >= 4 is 88.7 Å². The topological polar surface area (TPSA) is 494 Å². The van der Waals surface area contributed by atoms with E-state index in [4.69, 9.17) is 44.7 Å². The number of aliphatic hydroxyl groups is 2. The van der Waals surface area contributed by atoms with Gasteiger partial charge in [0, 0.05) is 76.7 Å². The van der Waals surface area contributed by atoms with E-state index in [0.717, 1.165) is 39.5 Å². The number of esters is 5. The summed E-state index contributed by atoms with van der Waals surface area (Å²) in [6.07, 6.45) is -5.73. The Morgan fingerprint density at radius 3 is 1.69 bits per heavy atom. The third-order valence-electron chi connectivity index (χ3n) is 16.4. The zero-order chi connectivity index (χ0) is 69.5. The lowest BCUT2D eigenvalue weighted by Gasteiger charge is -2.41. The summed E-state index contributed by atoms with van der Waals surface area (Å²) in [6.45, 7) is 11.5. The molecule has 1 heterocycles. The van der Waals surface area contributed by atoms with Crippen molar-refractivity contribution in [3.05, 3.63) is 22.8 Å². The van der Waals surface area contributed by atoms with E-state index in [0.29, 0.717) is 6.42 Å². The third kappa shape index (κ3) is 23.1. The maximum Gasteiger partial charge on any atom is 0.341 e. The van der Waals surface area contributed by atoms with Crippen molar-refractivity contribution in [1.29, 1.82) is 0 Å². The molecule has 1 saturated heterocycles. The number of hydrogen-bond donors (Lipinski definition) is 10. The second kappa shape index (κ2) is 36.3. The fourth-order valence-corrected chi connectivity index (χ4v) is 10.9. The molecule has 91 heavy (non-hydrogen) atoms. The molecule has 2 fully saturated rings. The Morgan fingerprint density at radius 2 is 1.20 bits per heavy atom. The van der Waals surface area contributed by atoms with Gasteiger partial charge in [0.25, 0.3) is 0 Å². The molecule has 13 atom stereocenters. The summed E-state index contributed by atoms with van der Waals surface area (Å²) in [5, 5.41) is 74.2. The van der Waals surface area contributed by atoms with Crippen LogP contribution in [0.2, 0.25) is 0 Å². The van der Waals surface area contributed by atoms with Crippen molar-refractivity contribution in [3.8, 4) is 0 Å². The molecule has 30 heteroatoms. The van der Waals surface area contributed by atoms with Gasteiger partial charge in [-0.3, -0.25) is 57.5 Å². The SMILES string of the molecule is C/C=C(/C)C(=O)O[C@H]1C(C)=C2[C@H]([C@@H]1OC(=O)CCCCCCC)[C@@](C)(OC(C)=O)C[C@H](OC(=O)CCC(=O)C[C@H](N)C(C)=O)[C@@]1(O)[C@H]2OC(=O)[C@@]1(C)O.CN[C@@H](CCC(=O)C[C@@H](CCC(=O)N[C@@H](CCC(=O)C[C@@H](CCC(=O)O)C(=O)O)C(=O)O)C(=O)O)C(=O)O. The van der Waals surface area contributed by atoms with Crippen LogP contribution in [0.3, 0.4) is 0 Å². The van der Waals surface area contributed by atoms with E-state index in [2.05, 4.69) is 17.6 Å². The Balaban J connectivity index is 0.000000658. The molecular formula is C61H89N3O27. The maximum absolute atomic E-state index is 13.4. The molecule has 1 aliphatic heterocycles. The highest BCUT2D eigenvalue weighted by Gasteiger charge is 2.76. The molecule has 1 amide bonds. The van der Waals surface area contributed by atoms with Crippen LogP contribution in [-0.4, -0.2) is 191 Å². The maximum atomic E-state index is 13.4. The van der Waals surface area contributed by atoms with Crippen molar-refractivity contribution in [2.45, 2.75) is 243 Å². The minimum atomic E-state index is -2.74. The minimum Gasteiger partial charge on any atom is -0.481 e. The van der Waals surface area contributed by atoms with E-state index in [9.17, 15) is 92.3 Å². The molecule has 11 N–H and O–H groups in total. The van der Waals surface area contributed by atoms with Crippen molar-refractivity contribution in [2.75, 3.05) is 7.05 Å². The fourth-order valence-electron chi connectivity index (χ4n) is 10.9. The van der Waals surface area contributed by atoms with Gasteiger partial charge in [-0.15, -0.1) is 0 Å². The number of nitrogens with one attached hydrogen (secondary N) is 2. The molecule has 510 valence electrons. The average Bonchev–Trinajstić information content (AvgIpc) is 1.53. The van der Waals surface area contributed by atoms with Gasteiger partial charge < -0.3 is 75.8 Å². The molecule has 0 spiro atoms. The number of carbonyl (C=O) groups is 15. The molecule has 0 aromatic carbocycles. The second-order valence-electron chi connectivity index (χ2n) is 23.5. The van der Waals surface area contributed by atoms with Crippen molar-refractivity contribution in [1.82, 2.24) is 10.6 Å². The molecule has 0 bridgehead atoms. The molecule has 3 aliphatic rings. The first-order valence-electron chi connectivity index (χ1n) is 30.0. The van der Waals surface area contributed by atoms with E-state index < -0.39 is 211 Å². The van der Waals surface area contributed by atoms with Gasteiger partial charge in [0.1, 0.15) is 46.9 Å². The van der Waals surface area contributed by atoms with E-state index >= 15 is 0 Å². The molecule has 0 aromatic rings. The first kappa shape index (κ1) is 79.3. The number of carboxylic acids is 5. The van der Waals surface area contributed by atoms with Gasteiger partial charge in [0.15, 0.2) is 29.5 Å². The minimum absolute atomic E-state index is 0.0213. The summed E-state index contributed by atoms with van der Waals surface area (Å²) in [5.74, 6) is -17.7. The molecule has 2 aliphatic carbocycles. The fraction of sp³-hybridized carbons (Fsp3) is 0.689. The van der Waals surface area contributed by atoms with Crippen molar-refractivity contribution < 1.29 is 131 Å². The van der Waals surface area contributed by atoms with Gasteiger partial charge in [0.2, 0.25) is 5.91 Å². The van der Waals surface area contributed by atoms with Gasteiger partial charge in [-0.1, -0.05) is 38.7 Å². The number of allylic oxidation sites excluding steroid dienone is 1. The Kier molecular flexibility index (Phi) is 31.6. The van der Waals surface area contributed by atoms with Gasteiger partial charge in [-0.05, 0) is 91.8 Å². The number of fused-ring (bicyclic) bond motifs is 3. The van der Waals surface area contributed by atoms with Gasteiger partial charge in [-0.2, -0.15) is 0 Å². The molecule has 3 rings (SSSR count). The van der Waals surface area contributed by atoms with E-state index in [1.54, 1.807) is 6.92 Å². The first-order valence-corrected chi connectivity index (χ1v) is 30.0. The predicted molar refractivity (Wildman–Crippen MR) is 313 cm³/mol. The summed E-state index contributed by atoms with van der Waals surface area (Å²) in [6, 6.07) is -3.55. The van der Waals surface area contributed by atoms with Crippen LogP contribution in [0.1, 0.15) is 184 Å². The van der Waals surface area contributed by atoms with Crippen molar-refractivity contribution in [3.63, 3.8) is 0 Å². The monoisotopic (exact) mass is 1300 g/mol. The Labute approximate surface area is 525 Å². The molecular weight excluding hydrogens is 1210 g/mol. The largest absolute Gasteiger partial charge is 0.481 e. The highest BCUT2D eigenvalue weighted by molar-refractivity contribution is 5.91.